The second kappa shape index (κ2) is 5.21. The van der Waals surface area contributed by atoms with Crippen LogP contribution < -0.4 is 0 Å². The van der Waals surface area contributed by atoms with Crippen LogP contribution in [0.15, 0.2) is 29.2 Å². The van der Waals surface area contributed by atoms with Crippen molar-refractivity contribution in [2.75, 3.05) is 6.54 Å². The largest absolute Gasteiger partial charge is 0.293 e. The normalized spacial score (nSPS) is 18.2. The number of hydrogen-bond acceptors (Lipinski definition) is 3. The minimum Gasteiger partial charge on any atom is -0.293 e. The van der Waals surface area contributed by atoms with Gasteiger partial charge in [0.15, 0.2) is 0 Å². The lowest BCUT2D eigenvalue weighted by molar-refractivity contribution is -0.121. The Morgan fingerprint density at radius 2 is 2.18 bits per heavy atom. The molecule has 0 bridgehead atoms. The Labute approximate surface area is 115 Å². The second-order valence-corrected chi connectivity index (χ2v) is 5.53. The van der Waals surface area contributed by atoms with Gasteiger partial charge in [-0.3, -0.25) is 9.69 Å². The molecule has 5 heteroatoms. The van der Waals surface area contributed by atoms with Crippen molar-refractivity contribution in [1.29, 1.82) is 0 Å². The highest BCUT2D eigenvalue weighted by Crippen LogP contribution is 2.33. The molecule has 1 heterocycles. The van der Waals surface area contributed by atoms with E-state index in [2.05, 4.69) is 0 Å². The van der Waals surface area contributed by atoms with Gasteiger partial charge in [0.25, 0.3) is 5.91 Å². The molecule has 0 radical (unpaired) electrons. The van der Waals surface area contributed by atoms with Gasteiger partial charge >= 0.3 is 0 Å². The van der Waals surface area contributed by atoms with Gasteiger partial charge < -0.3 is 0 Å². The van der Waals surface area contributed by atoms with E-state index in [1.54, 1.807) is 17.0 Å². The van der Waals surface area contributed by atoms with Gasteiger partial charge in [-0.05, 0) is 24.6 Å². The highest BCUT2D eigenvalue weighted by molar-refractivity contribution is 8.26. The summed E-state index contributed by atoms with van der Waals surface area (Å²) in [6.45, 7) is 2.51. The first-order valence-electron chi connectivity index (χ1n) is 5.13. The predicted molar refractivity (Wildman–Crippen MR) is 77.0 cm³/mol. The zero-order valence-electron chi connectivity index (χ0n) is 9.14. The minimum atomic E-state index is -0.0394. The molecule has 0 N–H and O–H groups in total. The molecule has 1 amide bonds. The summed E-state index contributed by atoms with van der Waals surface area (Å²) in [5.41, 5.74) is 0.839. The average molecular weight is 284 g/mol. The number of benzene rings is 1. The van der Waals surface area contributed by atoms with E-state index in [1.165, 1.54) is 11.8 Å². The summed E-state index contributed by atoms with van der Waals surface area (Å²) in [5, 5.41) is 0.634. The first kappa shape index (κ1) is 12.6. The molecule has 0 atom stereocenters. The topological polar surface area (TPSA) is 20.3 Å². The van der Waals surface area contributed by atoms with Crippen LogP contribution in [0.25, 0.3) is 6.08 Å². The number of carbonyl (C=O) groups excluding carboxylic acids is 1. The van der Waals surface area contributed by atoms with E-state index in [0.717, 1.165) is 5.56 Å². The standard InChI is InChI=1S/C12H10ClNOS2/c1-2-14-11(15)10(17-12(14)16)7-8-5-3-4-6-9(8)13/h3-7H,2H2,1H3/b10-7-. The van der Waals surface area contributed by atoms with E-state index < -0.39 is 0 Å². The fourth-order valence-electron chi connectivity index (χ4n) is 1.51. The molecule has 1 aromatic rings. The second-order valence-electron chi connectivity index (χ2n) is 3.45. The summed E-state index contributed by atoms with van der Waals surface area (Å²) in [5.74, 6) is -0.0394. The lowest BCUT2D eigenvalue weighted by Gasteiger charge is -2.09. The van der Waals surface area contributed by atoms with Gasteiger partial charge in [-0.25, -0.2) is 0 Å². The Bertz CT molecular complexity index is 513. The fraction of sp³-hybridized carbons (Fsp3) is 0.167. The van der Waals surface area contributed by atoms with Gasteiger partial charge in [0.05, 0.1) is 4.91 Å². The SMILES string of the molecule is CCN1C(=O)/C(=C/c2ccccc2Cl)SC1=S. The molecule has 1 fully saturated rings. The highest BCUT2D eigenvalue weighted by atomic mass is 35.5. The molecule has 0 aliphatic carbocycles. The Balaban J connectivity index is 2.34. The number of amides is 1. The van der Waals surface area contributed by atoms with Gasteiger partial charge in [0.1, 0.15) is 4.32 Å². The maximum atomic E-state index is 12.0. The van der Waals surface area contributed by atoms with Crippen LogP contribution in [0.4, 0.5) is 0 Å². The highest BCUT2D eigenvalue weighted by Gasteiger charge is 2.30. The number of hydrogen-bond donors (Lipinski definition) is 0. The van der Waals surface area contributed by atoms with Crippen LogP contribution in [0.2, 0.25) is 5.02 Å². The molecule has 0 aromatic heterocycles. The van der Waals surface area contributed by atoms with Gasteiger partial charge in [-0.1, -0.05) is 53.8 Å². The Hall–Kier alpha value is -0.840. The van der Waals surface area contributed by atoms with E-state index in [1.807, 2.05) is 25.1 Å². The predicted octanol–water partition coefficient (Wildman–Crippen LogP) is 3.56. The summed E-state index contributed by atoms with van der Waals surface area (Å²) in [6.07, 6.45) is 1.79. The lowest BCUT2D eigenvalue weighted by atomic mass is 10.2. The zero-order chi connectivity index (χ0) is 12.4. The van der Waals surface area contributed by atoms with Gasteiger partial charge in [-0.15, -0.1) is 0 Å². The van der Waals surface area contributed by atoms with Crippen molar-refractivity contribution >= 4 is 51.9 Å². The van der Waals surface area contributed by atoms with E-state index >= 15 is 0 Å². The van der Waals surface area contributed by atoms with E-state index in [0.29, 0.717) is 20.8 Å². The summed E-state index contributed by atoms with van der Waals surface area (Å²) in [7, 11) is 0. The third kappa shape index (κ3) is 2.54. The number of halogens is 1. The molecule has 1 saturated heterocycles. The van der Waals surface area contributed by atoms with Crippen molar-refractivity contribution in [2.45, 2.75) is 6.92 Å². The lowest BCUT2D eigenvalue weighted by Crippen LogP contribution is -2.27. The molecule has 1 aliphatic rings. The summed E-state index contributed by atoms with van der Waals surface area (Å²) in [4.78, 5) is 14.2. The van der Waals surface area contributed by atoms with Crippen molar-refractivity contribution in [3.63, 3.8) is 0 Å². The maximum Gasteiger partial charge on any atom is 0.266 e. The molecule has 2 nitrogen and oxygen atoms in total. The molecule has 1 aromatic carbocycles. The van der Waals surface area contributed by atoms with Crippen molar-refractivity contribution in [3.8, 4) is 0 Å². The third-order valence-corrected chi connectivity index (χ3v) is 4.10. The van der Waals surface area contributed by atoms with Gasteiger partial charge in [-0.2, -0.15) is 0 Å². The number of rotatable bonds is 2. The molecule has 17 heavy (non-hydrogen) atoms. The van der Waals surface area contributed by atoms with Crippen LogP contribution in [-0.2, 0) is 4.79 Å². The molecule has 1 aliphatic heterocycles. The number of carbonyl (C=O) groups is 1. The summed E-state index contributed by atoms with van der Waals surface area (Å²) >= 11 is 12.5. The molecule has 0 spiro atoms. The Kier molecular flexibility index (Phi) is 3.86. The van der Waals surface area contributed by atoms with Crippen LogP contribution in [0.3, 0.4) is 0 Å². The number of likely N-dealkylation sites (N-methyl/N-ethyl adjacent to an activating group) is 1. The fourth-order valence-corrected chi connectivity index (χ4v) is 3.07. The molecular weight excluding hydrogens is 274 g/mol. The van der Waals surface area contributed by atoms with E-state index in [9.17, 15) is 4.79 Å². The number of thioether (sulfide) groups is 1. The Morgan fingerprint density at radius 1 is 1.47 bits per heavy atom. The average Bonchev–Trinajstić information content (AvgIpc) is 2.57. The van der Waals surface area contributed by atoms with Crippen molar-refractivity contribution in [3.05, 3.63) is 39.8 Å². The van der Waals surface area contributed by atoms with Crippen LogP contribution in [0.5, 0.6) is 0 Å². The van der Waals surface area contributed by atoms with Crippen LogP contribution in [-0.4, -0.2) is 21.7 Å². The minimum absolute atomic E-state index is 0.0394. The third-order valence-electron chi connectivity index (χ3n) is 2.38. The monoisotopic (exact) mass is 283 g/mol. The maximum absolute atomic E-state index is 12.0. The molecule has 88 valence electrons. The first-order chi connectivity index (χ1) is 8.13. The molecule has 0 saturated carbocycles. The van der Waals surface area contributed by atoms with E-state index in [4.69, 9.17) is 23.8 Å². The van der Waals surface area contributed by atoms with Crippen molar-refractivity contribution < 1.29 is 4.79 Å². The van der Waals surface area contributed by atoms with Crippen LogP contribution in [0.1, 0.15) is 12.5 Å². The molecular formula is C12H10ClNOS2. The van der Waals surface area contributed by atoms with Gasteiger partial charge in [0, 0.05) is 11.6 Å². The smallest absolute Gasteiger partial charge is 0.266 e. The molecule has 0 unspecified atom stereocenters. The molecule has 2 rings (SSSR count). The quantitative estimate of drug-likeness (QED) is 0.611. The van der Waals surface area contributed by atoms with Crippen LogP contribution in [0, 0.1) is 0 Å². The number of thiocarbonyl (C=S) groups is 1. The first-order valence-corrected chi connectivity index (χ1v) is 6.73. The summed E-state index contributed by atoms with van der Waals surface area (Å²) < 4.78 is 0.607. The van der Waals surface area contributed by atoms with E-state index in [-0.39, 0.29) is 5.91 Å². The zero-order valence-corrected chi connectivity index (χ0v) is 11.5. The van der Waals surface area contributed by atoms with Crippen LogP contribution >= 0.6 is 35.6 Å². The van der Waals surface area contributed by atoms with Crippen molar-refractivity contribution in [2.24, 2.45) is 0 Å². The number of nitrogens with zero attached hydrogens (tertiary/aromatic N) is 1. The summed E-state index contributed by atoms with van der Waals surface area (Å²) in [6, 6.07) is 7.42. The van der Waals surface area contributed by atoms with Crippen molar-refractivity contribution in [1.82, 2.24) is 4.90 Å². The van der Waals surface area contributed by atoms with Gasteiger partial charge in [0.2, 0.25) is 0 Å². The Morgan fingerprint density at radius 3 is 2.76 bits per heavy atom.